The van der Waals surface area contributed by atoms with Crippen molar-refractivity contribution < 1.29 is 19.1 Å². The lowest BCUT2D eigenvalue weighted by Crippen LogP contribution is -2.38. The van der Waals surface area contributed by atoms with Gasteiger partial charge in [-0.3, -0.25) is 4.79 Å². The van der Waals surface area contributed by atoms with Gasteiger partial charge in [0.1, 0.15) is 11.8 Å². The van der Waals surface area contributed by atoms with E-state index >= 15 is 0 Å². The number of nitrogens with zero attached hydrogens (tertiary/aromatic N) is 4. The summed E-state index contributed by atoms with van der Waals surface area (Å²) in [5.74, 6) is -0.707. The number of ether oxygens (including phenoxy) is 2. The molecule has 1 aliphatic rings. The van der Waals surface area contributed by atoms with Crippen molar-refractivity contribution in [3.8, 4) is 6.01 Å². The van der Waals surface area contributed by atoms with E-state index in [9.17, 15) is 9.59 Å². The lowest BCUT2D eigenvalue weighted by molar-refractivity contribution is 0.0600. The summed E-state index contributed by atoms with van der Waals surface area (Å²) in [6, 6.07) is 7.14. The van der Waals surface area contributed by atoms with Crippen molar-refractivity contribution in [2.75, 3.05) is 30.4 Å². The van der Waals surface area contributed by atoms with Crippen LogP contribution in [0.1, 0.15) is 39.3 Å². The fourth-order valence-electron chi connectivity index (χ4n) is 3.41. The zero-order valence-corrected chi connectivity index (χ0v) is 18.6. The van der Waals surface area contributed by atoms with E-state index < -0.39 is 5.97 Å². The third-order valence-corrected chi connectivity index (χ3v) is 6.05. The molecule has 0 atom stereocenters. The van der Waals surface area contributed by atoms with Crippen molar-refractivity contribution in [3.63, 3.8) is 0 Å². The number of benzene rings is 1. The summed E-state index contributed by atoms with van der Waals surface area (Å²) in [6.45, 7) is 3.38. The molecule has 3 aromatic rings. The number of esters is 1. The fraction of sp³-hybridized carbons (Fsp3) is 0.318. The van der Waals surface area contributed by atoms with Gasteiger partial charge in [-0.15, -0.1) is 11.3 Å². The van der Waals surface area contributed by atoms with E-state index in [0.29, 0.717) is 23.0 Å². The van der Waals surface area contributed by atoms with E-state index in [4.69, 9.17) is 9.47 Å². The number of carbonyl (C=O) groups is 2. The number of carbonyl (C=O) groups excluding carboxylic acids is 2. The molecule has 0 unspecified atom stereocenters. The number of hydrogen-bond donors (Lipinski definition) is 1. The van der Waals surface area contributed by atoms with Crippen LogP contribution in [-0.4, -0.2) is 53.1 Å². The summed E-state index contributed by atoms with van der Waals surface area (Å²) in [7, 11) is 1.33. The lowest BCUT2D eigenvalue weighted by atomic mass is 10.1. The molecule has 0 radical (unpaired) electrons. The average molecular weight is 454 g/mol. The predicted octanol–water partition coefficient (Wildman–Crippen LogP) is 3.33. The topological polar surface area (TPSA) is 107 Å². The van der Waals surface area contributed by atoms with Crippen LogP contribution in [0, 0.1) is 6.92 Å². The van der Waals surface area contributed by atoms with Gasteiger partial charge in [-0.05, 0) is 36.8 Å². The van der Waals surface area contributed by atoms with Gasteiger partial charge in [0.2, 0.25) is 0 Å². The first-order valence-electron chi connectivity index (χ1n) is 10.2. The number of amides is 1. The van der Waals surface area contributed by atoms with Gasteiger partial charge in [0.15, 0.2) is 5.13 Å². The quantitative estimate of drug-likeness (QED) is 0.567. The largest absolute Gasteiger partial charge is 0.465 e. The van der Waals surface area contributed by atoms with Gasteiger partial charge >= 0.3 is 12.0 Å². The van der Waals surface area contributed by atoms with Gasteiger partial charge in [0.05, 0.1) is 12.7 Å². The Hall–Kier alpha value is -3.53. The molecular weight excluding hydrogens is 430 g/mol. The number of methoxy groups -OCH3 is 1. The second-order valence-corrected chi connectivity index (χ2v) is 8.16. The maximum atomic E-state index is 12.7. The summed E-state index contributed by atoms with van der Waals surface area (Å²) in [5, 5.41) is 5.42. The highest BCUT2D eigenvalue weighted by Crippen LogP contribution is 2.26. The minimum Gasteiger partial charge on any atom is -0.465 e. The molecule has 1 fully saturated rings. The highest BCUT2D eigenvalue weighted by atomic mass is 32.1. The molecule has 1 amide bonds. The SMILES string of the molecule is COC(=O)c1ccc(NC(=O)c2csc(N3CCC(Oc4ncccn4)CC3)n2)c(C)c1. The van der Waals surface area contributed by atoms with Gasteiger partial charge < -0.3 is 19.7 Å². The van der Waals surface area contributed by atoms with Crippen LogP contribution in [0.4, 0.5) is 10.8 Å². The smallest absolute Gasteiger partial charge is 0.337 e. The van der Waals surface area contributed by atoms with E-state index in [2.05, 4.69) is 25.2 Å². The first-order chi connectivity index (χ1) is 15.5. The molecular formula is C22H23N5O4S. The number of nitrogens with one attached hydrogen (secondary N) is 1. The number of piperidine rings is 1. The van der Waals surface area contributed by atoms with E-state index in [1.54, 1.807) is 42.0 Å². The van der Waals surface area contributed by atoms with Crippen molar-refractivity contribution in [1.29, 1.82) is 0 Å². The van der Waals surface area contributed by atoms with Crippen molar-refractivity contribution in [2.45, 2.75) is 25.9 Å². The molecule has 1 aromatic carbocycles. The maximum absolute atomic E-state index is 12.7. The molecule has 0 bridgehead atoms. The van der Waals surface area contributed by atoms with Crippen molar-refractivity contribution >= 4 is 34.0 Å². The summed E-state index contributed by atoms with van der Waals surface area (Å²) in [6.07, 6.45) is 5.03. The monoisotopic (exact) mass is 453 g/mol. The Morgan fingerprint density at radius 3 is 2.62 bits per heavy atom. The van der Waals surface area contributed by atoms with Crippen molar-refractivity contribution in [3.05, 3.63) is 58.9 Å². The summed E-state index contributed by atoms with van der Waals surface area (Å²) >= 11 is 1.44. The molecule has 0 saturated carbocycles. The van der Waals surface area contributed by atoms with Gasteiger partial charge in [-0.2, -0.15) is 0 Å². The molecule has 0 spiro atoms. The van der Waals surface area contributed by atoms with E-state index in [1.807, 2.05) is 6.92 Å². The minimum absolute atomic E-state index is 0.0623. The van der Waals surface area contributed by atoms with Crippen LogP contribution >= 0.6 is 11.3 Å². The highest BCUT2D eigenvalue weighted by Gasteiger charge is 2.24. The van der Waals surface area contributed by atoms with E-state index in [1.165, 1.54) is 18.4 Å². The number of rotatable bonds is 6. The van der Waals surface area contributed by atoms with Crippen LogP contribution in [0.25, 0.3) is 0 Å². The summed E-state index contributed by atoms with van der Waals surface area (Å²) in [5.41, 5.74) is 2.18. The molecule has 9 nitrogen and oxygen atoms in total. The van der Waals surface area contributed by atoms with Crippen LogP contribution in [-0.2, 0) is 4.74 Å². The number of aryl methyl sites for hydroxylation is 1. The second kappa shape index (κ2) is 9.73. The molecule has 3 heterocycles. The molecule has 0 aliphatic carbocycles. The number of thiazole rings is 1. The first-order valence-corrected chi connectivity index (χ1v) is 11.1. The Morgan fingerprint density at radius 1 is 1.19 bits per heavy atom. The molecule has 1 aliphatic heterocycles. The zero-order valence-electron chi connectivity index (χ0n) is 17.8. The minimum atomic E-state index is -0.416. The fourth-order valence-corrected chi connectivity index (χ4v) is 4.27. The molecule has 2 aromatic heterocycles. The third-order valence-electron chi connectivity index (χ3n) is 5.15. The standard InChI is InChI=1S/C22H23N5O4S/c1-14-12-15(20(29)30-2)4-5-17(14)25-19(28)18-13-32-22(26-18)27-10-6-16(7-11-27)31-21-23-8-3-9-24-21/h3-5,8-9,12-13,16H,6-7,10-11H2,1-2H3,(H,25,28). The van der Waals surface area contributed by atoms with Gasteiger partial charge in [-0.1, -0.05) is 0 Å². The molecule has 1 N–H and O–H groups in total. The Kier molecular flexibility index (Phi) is 6.60. The van der Waals surface area contributed by atoms with Crippen molar-refractivity contribution in [1.82, 2.24) is 15.0 Å². The highest BCUT2D eigenvalue weighted by molar-refractivity contribution is 7.14. The average Bonchev–Trinajstić information content (AvgIpc) is 3.31. The molecule has 4 rings (SSSR count). The molecule has 32 heavy (non-hydrogen) atoms. The zero-order chi connectivity index (χ0) is 22.5. The van der Waals surface area contributed by atoms with Crippen molar-refractivity contribution in [2.24, 2.45) is 0 Å². The maximum Gasteiger partial charge on any atom is 0.337 e. The second-order valence-electron chi connectivity index (χ2n) is 7.33. The normalized spacial score (nSPS) is 14.1. The van der Waals surface area contributed by atoms with Gasteiger partial charge in [-0.25, -0.2) is 19.7 Å². The van der Waals surface area contributed by atoms with Crippen LogP contribution < -0.4 is 15.0 Å². The Balaban J connectivity index is 1.34. The van der Waals surface area contributed by atoms with E-state index in [-0.39, 0.29) is 12.0 Å². The Morgan fingerprint density at radius 2 is 1.94 bits per heavy atom. The third kappa shape index (κ3) is 5.02. The number of aromatic nitrogens is 3. The first kappa shape index (κ1) is 21.7. The van der Waals surface area contributed by atoms with E-state index in [0.717, 1.165) is 36.6 Å². The lowest BCUT2D eigenvalue weighted by Gasteiger charge is -2.31. The summed E-state index contributed by atoms with van der Waals surface area (Å²) < 4.78 is 10.6. The predicted molar refractivity (Wildman–Crippen MR) is 120 cm³/mol. The Labute approximate surface area is 189 Å². The molecule has 10 heteroatoms. The van der Waals surface area contributed by atoms with Gasteiger partial charge in [0.25, 0.3) is 5.91 Å². The van der Waals surface area contributed by atoms with Crippen LogP contribution in [0.5, 0.6) is 6.01 Å². The van der Waals surface area contributed by atoms with Gasteiger partial charge in [0, 0.05) is 49.4 Å². The van der Waals surface area contributed by atoms with Crippen LogP contribution in [0.3, 0.4) is 0 Å². The van der Waals surface area contributed by atoms with Crippen LogP contribution in [0.2, 0.25) is 0 Å². The number of anilines is 2. The van der Waals surface area contributed by atoms with Crippen LogP contribution in [0.15, 0.2) is 42.0 Å². The molecule has 166 valence electrons. The molecule has 1 saturated heterocycles. The number of hydrogen-bond acceptors (Lipinski definition) is 9. The Bertz CT molecular complexity index is 1100. The summed E-state index contributed by atoms with van der Waals surface area (Å²) in [4.78, 5) is 39.2.